The Labute approximate surface area is 108 Å². The number of amides is 3. The van der Waals surface area contributed by atoms with Crippen LogP contribution in [0, 0.1) is 0 Å². The molecule has 0 aromatic heterocycles. The van der Waals surface area contributed by atoms with Crippen molar-refractivity contribution in [3.63, 3.8) is 0 Å². The summed E-state index contributed by atoms with van der Waals surface area (Å²) in [6.07, 6.45) is -1.68. The number of urea groups is 1. The molecule has 19 heavy (non-hydrogen) atoms. The van der Waals surface area contributed by atoms with Crippen molar-refractivity contribution in [1.82, 2.24) is 5.32 Å². The molecule has 0 aliphatic carbocycles. The molecule has 0 bridgehead atoms. The largest absolute Gasteiger partial charge is 0.479 e. The molecular formula is C11H13N3O5. The van der Waals surface area contributed by atoms with Crippen LogP contribution in [0.5, 0.6) is 0 Å². The highest BCUT2D eigenvalue weighted by molar-refractivity contribution is 5.95. The lowest BCUT2D eigenvalue weighted by atomic mass is 10.2. The molecule has 1 aromatic carbocycles. The quantitative estimate of drug-likeness (QED) is 0.482. The lowest BCUT2D eigenvalue weighted by Gasteiger charge is -2.09. The Bertz CT molecular complexity index is 503. The Morgan fingerprint density at radius 2 is 2.00 bits per heavy atom. The molecule has 102 valence electrons. The van der Waals surface area contributed by atoms with Gasteiger partial charge in [0.2, 0.25) is 5.91 Å². The molecule has 0 spiro atoms. The van der Waals surface area contributed by atoms with E-state index < -0.39 is 30.6 Å². The van der Waals surface area contributed by atoms with Gasteiger partial charge in [0.1, 0.15) is 0 Å². The van der Waals surface area contributed by atoms with E-state index in [-0.39, 0.29) is 5.56 Å². The second-order valence-electron chi connectivity index (χ2n) is 3.63. The zero-order valence-corrected chi connectivity index (χ0v) is 9.79. The molecule has 0 unspecified atom stereocenters. The van der Waals surface area contributed by atoms with E-state index >= 15 is 0 Å². The van der Waals surface area contributed by atoms with Gasteiger partial charge in [0, 0.05) is 11.3 Å². The van der Waals surface area contributed by atoms with Crippen LogP contribution in [0.25, 0.3) is 0 Å². The van der Waals surface area contributed by atoms with Crippen molar-refractivity contribution in [2.24, 2.45) is 5.73 Å². The number of rotatable bonds is 5. The molecule has 0 aliphatic rings. The number of nitrogens with one attached hydrogen (secondary N) is 2. The summed E-state index contributed by atoms with van der Waals surface area (Å²) in [5.41, 5.74) is 5.62. The summed E-state index contributed by atoms with van der Waals surface area (Å²) in [4.78, 5) is 32.6. The Balaban J connectivity index is 2.55. The maximum atomic E-state index is 11.4. The minimum atomic E-state index is -1.68. The number of aliphatic carboxylic acids is 1. The zero-order chi connectivity index (χ0) is 14.4. The summed E-state index contributed by atoms with van der Waals surface area (Å²) < 4.78 is 0. The second-order valence-corrected chi connectivity index (χ2v) is 3.63. The zero-order valence-electron chi connectivity index (χ0n) is 9.79. The lowest BCUT2D eigenvalue weighted by Crippen LogP contribution is -2.38. The van der Waals surface area contributed by atoms with Crippen molar-refractivity contribution in [3.8, 4) is 0 Å². The van der Waals surface area contributed by atoms with E-state index in [0.29, 0.717) is 5.69 Å². The topological polar surface area (TPSA) is 142 Å². The highest BCUT2D eigenvalue weighted by Gasteiger charge is 2.14. The number of hydrogen-bond acceptors (Lipinski definition) is 4. The van der Waals surface area contributed by atoms with Gasteiger partial charge in [-0.1, -0.05) is 6.07 Å². The summed E-state index contributed by atoms with van der Waals surface area (Å²) in [6, 6.07) is 5.21. The molecule has 1 aromatic rings. The molecule has 0 radical (unpaired) electrons. The van der Waals surface area contributed by atoms with Crippen LogP contribution in [0.15, 0.2) is 24.3 Å². The van der Waals surface area contributed by atoms with Crippen LogP contribution in [0.3, 0.4) is 0 Å². The van der Waals surface area contributed by atoms with E-state index in [2.05, 4.69) is 10.6 Å². The SMILES string of the molecule is NC(=O)c1cccc(NC(=O)NC[C@H](O)C(=O)O)c1. The standard InChI is InChI=1S/C11H13N3O5/c12-9(16)6-2-1-3-7(4-6)14-11(19)13-5-8(15)10(17)18/h1-4,8,15H,5H2,(H2,12,16)(H,17,18)(H2,13,14,19)/t8-/m0/s1. The number of carbonyl (C=O) groups is 3. The Morgan fingerprint density at radius 3 is 2.58 bits per heavy atom. The number of aliphatic hydroxyl groups is 1. The summed E-state index contributed by atoms with van der Waals surface area (Å²) in [5, 5.41) is 21.9. The van der Waals surface area contributed by atoms with Gasteiger partial charge < -0.3 is 26.6 Å². The number of aliphatic hydroxyl groups excluding tert-OH is 1. The van der Waals surface area contributed by atoms with Crippen LogP contribution in [0.1, 0.15) is 10.4 Å². The van der Waals surface area contributed by atoms with Gasteiger partial charge in [-0.3, -0.25) is 4.79 Å². The highest BCUT2D eigenvalue weighted by atomic mass is 16.4. The molecule has 8 nitrogen and oxygen atoms in total. The number of anilines is 1. The van der Waals surface area contributed by atoms with Gasteiger partial charge in [-0.15, -0.1) is 0 Å². The van der Waals surface area contributed by atoms with Crippen LogP contribution in [-0.2, 0) is 4.79 Å². The third-order valence-electron chi connectivity index (χ3n) is 2.15. The summed E-state index contributed by atoms with van der Waals surface area (Å²) >= 11 is 0. The van der Waals surface area contributed by atoms with Crippen LogP contribution in [-0.4, -0.2) is 40.8 Å². The molecule has 8 heteroatoms. The van der Waals surface area contributed by atoms with Crippen molar-refractivity contribution in [2.45, 2.75) is 6.10 Å². The smallest absolute Gasteiger partial charge is 0.334 e. The van der Waals surface area contributed by atoms with Gasteiger partial charge in [-0.25, -0.2) is 9.59 Å². The molecule has 0 saturated carbocycles. The van der Waals surface area contributed by atoms with Crippen molar-refractivity contribution in [2.75, 3.05) is 11.9 Å². The summed E-state index contributed by atoms with van der Waals surface area (Å²) in [5.74, 6) is -2.07. The van der Waals surface area contributed by atoms with E-state index in [9.17, 15) is 14.4 Å². The Morgan fingerprint density at radius 1 is 1.32 bits per heavy atom. The van der Waals surface area contributed by atoms with Crippen molar-refractivity contribution < 1.29 is 24.6 Å². The van der Waals surface area contributed by atoms with Crippen LogP contribution < -0.4 is 16.4 Å². The van der Waals surface area contributed by atoms with Gasteiger partial charge in [-0.2, -0.15) is 0 Å². The summed E-state index contributed by atoms with van der Waals surface area (Å²) in [7, 11) is 0. The van der Waals surface area contributed by atoms with Crippen molar-refractivity contribution in [1.29, 1.82) is 0 Å². The van der Waals surface area contributed by atoms with Crippen molar-refractivity contribution >= 4 is 23.6 Å². The predicted molar refractivity (Wildman–Crippen MR) is 65.6 cm³/mol. The first-order valence-corrected chi connectivity index (χ1v) is 5.25. The third kappa shape index (κ3) is 4.64. The van der Waals surface area contributed by atoms with Crippen LogP contribution in [0.2, 0.25) is 0 Å². The number of nitrogens with two attached hydrogens (primary N) is 1. The number of carboxylic acids is 1. The molecule has 1 rings (SSSR count). The average Bonchev–Trinajstić information content (AvgIpc) is 2.36. The van der Waals surface area contributed by atoms with E-state index in [0.717, 1.165) is 0 Å². The molecule has 0 heterocycles. The van der Waals surface area contributed by atoms with E-state index in [1.54, 1.807) is 0 Å². The maximum absolute atomic E-state index is 11.4. The molecule has 0 fully saturated rings. The fourth-order valence-electron chi connectivity index (χ4n) is 1.20. The van der Waals surface area contributed by atoms with Crippen LogP contribution >= 0.6 is 0 Å². The minimum Gasteiger partial charge on any atom is -0.479 e. The number of hydrogen-bond donors (Lipinski definition) is 5. The lowest BCUT2D eigenvalue weighted by molar-refractivity contribution is -0.146. The first-order chi connectivity index (χ1) is 8.90. The van der Waals surface area contributed by atoms with Gasteiger partial charge in [0.25, 0.3) is 0 Å². The fraction of sp³-hybridized carbons (Fsp3) is 0.182. The van der Waals surface area contributed by atoms with Gasteiger partial charge in [0.15, 0.2) is 6.10 Å². The second kappa shape index (κ2) is 6.36. The molecule has 3 amide bonds. The third-order valence-corrected chi connectivity index (χ3v) is 2.15. The number of primary amides is 1. The number of carboxylic acid groups (broad SMARTS) is 1. The van der Waals surface area contributed by atoms with Gasteiger partial charge in [-0.05, 0) is 18.2 Å². The minimum absolute atomic E-state index is 0.225. The normalized spacial score (nSPS) is 11.4. The first kappa shape index (κ1) is 14.5. The number of benzene rings is 1. The predicted octanol–water partition coefficient (Wildman–Crippen LogP) is -0.647. The Kier molecular flexibility index (Phi) is 4.84. The molecule has 1 atom stereocenters. The van der Waals surface area contributed by atoms with E-state index in [1.807, 2.05) is 0 Å². The molecule has 0 saturated heterocycles. The average molecular weight is 267 g/mol. The Hall–Kier alpha value is -2.61. The molecule has 6 N–H and O–H groups in total. The van der Waals surface area contributed by atoms with E-state index in [1.165, 1.54) is 24.3 Å². The van der Waals surface area contributed by atoms with Gasteiger partial charge >= 0.3 is 12.0 Å². The van der Waals surface area contributed by atoms with Gasteiger partial charge in [0.05, 0.1) is 6.54 Å². The van der Waals surface area contributed by atoms with E-state index in [4.69, 9.17) is 15.9 Å². The number of carbonyl (C=O) groups excluding carboxylic acids is 2. The monoisotopic (exact) mass is 267 g/mol. The molecule has 0 aliphatic heterocycles. The fourth-order valence-corrected chi connectivity index (χ4v) is 1.20. The highest BCUT2D eigenvalue weighted by Crippen LogP contribution is 2.09. The van der Waals surface area contributed by atoms with Crippen LogP contribution in [0.4, 0.5) is 10.5 Å². The summed E-state index contributed by atoms with van der Waals surface area (Å²) in [6.45, 7) is -0.434. The maximum Gasteiger partial charge on any atom is 0.334 e. The molecular weight excluding hydrogens is 254 g/mol. The van der Waals surface area contributed by atoms with Crippen molar-refractivity contribution in [3.05, 3.63) is 29.8 Å². The first-order valence-electron chi connectivity index (χ1n) is 5.25.